The first-order valence-corrected chi connectivity index (χ1v) is 9.55. The highest BCUT2D eigenvalue weighted by Crippen LogP contribution is 2.37. The maximum atomic E-state index is 12.3. The van der Waals surface area contributed by atoms with Gasteiger partial charge in [0.05, 0.1) is 0 Å². The van der Waals surface area contributed by atoms with Crippen LogP contribution in [-0.4, -0.2) is 19.5 Å². The lowest BCUT2D eigenvalue weighted by Crippen LogP contribution is -2.31. The Balaban J connectivity index is 2.19. The van der Waals surface area contributed by atoms with Gasteiger partial charge in [-0.25, -0.2) is 0 Å². The average molecular weight is 311 g/mol. The molecule has 0 aliphatic heterocycles. The molecule has 1 aliphatic carbocycles. The van der Waals surface area contributed by atoms with Crippen LogP contribution >= 0.6 is 0 Å². The zero-order valence-electron chi connectivity index (χ0n) is 15.4. The van der Waals surface area contributed by atoms with E-state index in [1.54, 1.807) is 7.11 Å². The fourth-order valence-corrected chi connectivity index (χ4v) is 3.96. The Morgan fingerprint density at radius 1 is 1.14 bits per heavy atom. The third kappa shape index (κ3) is 7.76. The summed E-state index contributed by atoms with van der Waals surface area (Å²) in [6.45, 7) is 7.72. The number of unbranched alkanes of at least 4 members (excludes halogenated alkanes) is 3. The molecule has 0 saturated heterocycles. The van der Waals surface area contributed by atoms with Crippen molar-refractivity contribution in [1.82, 2.24) is 0 Å². The standard InChI is InChI=1S/C20H38O2/c1-16(2)10-7-5-6-8-13-19(21)14-18-12-9-11-17(3)20(18)15-22-4/h16-18,20H,5-15H2,1-4H3. The summed E-state index contributed by atoms with van der Waals surface area (Å²) >= 11 is 0. The van der Waals surface area contributed by atoms with Gasteiger partial charge in [0.15, 0.2) is 0 Å². The number of Topliss-reactive ketones (excluding diaryl/α,β-unsaturated/α-hetero) is 1. The lowest BCUT2D eigenvalue weighted by molar-refractivity contribution is -0.121. The molecule has 2 nitrogen and oxygen atoms in total. The van der Waals surface area contributed by atoms with Crippen molar-refractivity contribution < 1.29 is 9.53 Å². The van der Waals surface area contributed by atoms with Crippen molar-refractivity contribution in [3.63, 3.8) is 0 Å². The summed E-state index contributed by atoms with van der Waals surface area (Å²) in [6, 6.07) is 0. The molecule has 22 heavy (non-hydrogen) atoms. The molecular formula is C20H38O2. The zero-order valence-corrected chi connectivity index (χ0v) is 15.4. The van der Waals surface area contributed by atoms with Crippen LogP contribution in [0.15, 0.2) is 0 Å². The number of rotatable bonds is 11. The number of carbonyl (C=O) groups is 1. The molecule has 3 unspecified atom stereocenters. The third-order valence-corrected chi connectivity index (χ3v) is 5.41. The Kier molecular flexibility index (Phi) is 10.0. The van der Waals surface area contributed by atoms with Crippen LogP contribution in [0.1, 0.15) is 85.0 Å². The van der Waals surface area contributed by atoms with Gasteiger partial charge >= 0.3 is 0 Å². The van der Waals surface area contributed by atoms with Gasteiger partial charge in [-0.3, -0.25) is 4.79 Å². The van der Waals surface area contributed by atoms with Gasteiger partial charge in [0, 0.05) is 26.6 Å². The van der Waals surface area contributed by atoms with E-state index >= 15 is 0 Å². The van der Waals surface area contributed by atoms with E-state index in [2.05, 4.69) is 20.8 Å². The highest BCUT2D eigenvalue weighted by atomic mass is 16.5. The normalized spacial score (nSPS) is 25.6. The summed E-state index contributed by atoms with van der Waals surface area (Å²) in [4.78, 5) is 12.3. The molecular weight excluding hydrogens is 272 g/mol. The van der Waals surface area contributed by atoms with Crippen molar-refractivity contribution in [3.8, 4) is 0 Å². The summed E-state index contributed by atoms with van der Waals surface area (Å²) in [5.41, 5.74) is 0. The second kappa shape index (κ2) is 11.2. The molecule has 0 aromatic rings. The summed E-state index contributed by atoms with van der Waals surface area (Å²) in [6.07, 6.45) is 11.7. The Bertz CT molecular complexity index is 298. The zero-order chi connectivity index (χ0) is 16.4. The topological polar surface area (TPSA) is 26.3 Å². The van der Waals surface area contributed by atoms with Crippen LogP contribution in [0.3, 0.4) is 0 Å². The van der Waals surface area contributed by atoms with Gasteiger partial charge in [-0.15, -0.1) is 0 Å². The van der Waals surface area contributed by atoms with Gasteiger partial charge in [-0.1, -0.05) is 59.3 Å². The predicted molar refractivity (Wildman–Crippen MR) is 94.0 cm³/mol. The first-order valence-electron chi connectivity index (χ1n) is 9.55. The van der Waals surface area contributed by atoms with E-state index in [4.69, 9.17) is 4.74 Å². The van der Waals surface area contributed by atoms with Crippen molar-refractivity contribution in [3.05, 3.63) is 0 Å². The van der Waals surface area contributed by atoms with Crippen molar-refractivity contribution in [2.75, 3.05) is 13.7 Å². The van der Waals surface area contributed by atoms with Crippen LogP contribution in [0.5, 0.6) is 0 Å². The van der Waals surface area contributed by atoms with E-state index < -0.39 is 0 Å². The van der Waals surface area contributed by atoms with Crippen LogP contribution in [0.2, 0.25) is 0 Å². The van der Waals surface area contributed by atoms with E-state index in [1.807, 2.05) is 0 Å². The monoisotopic (exact) mass is 310 g/mol. The van der Waals surface area contributed by atoms with Crippen LogP contribution in [0.4, 0.5) is 0 Å². The lowest BCUT2D eigenvalue weighted by Gasteiger charge is -2.36. The van der Waals surface area contributed by atoms with Crippen LogP contribution in [0, 0.1) is 23.7 Å². The van der Waals surface area contributed by atoms with E-state index in [0.29, 0.717) is 23.5 Å². The summed E-state index contributed by atoms with van der Waals surface area (Å²) in [5, 5.41) is 0. The number of hydrogen-bond acceptors (Lipinski definition) is 2. The molecule has 0 N–H and O–H groups in total. The Morgan fingerprint density at radius 2 is 1.86 bits per heavy atom. The summed E-state index contributed by atoms with van der Waals surface area (Å²) in [7, 11) is 1.79. The molecule has 1 rings (SSSR count). The lowest BCUT2D eigenvalue weighted by atomic mass is 9.71. The molecule has 1 saturated carbocycles. The van der Waals surface area contributed by atoms with E-state index in [1.165, 1.54) is 44.9 Å². The molecule has 0 spiro atoms. The van der Waals surface area contributed by atoms with E-state index in [-0.39, 0.29) is 0 Å². The SMILES string of the molecule is COCC1C(C)CCCC1CC(=O)CCCCCCC(C)C. The van der Waals surface area contributed by atoms with Crippen molar-refractivity contribution in [2.45, 2.75) is 85.0 Å². The van der Waals surface area contributed by atoms with E-state index in [9.17, 15) is 4.79 Å². The van der Waals surface area contributed by atoms with E-state index in [0.717, 1.165) is 31.8 Å². The van der Waals surface area contributed by atoms with Crippen LogP contribution < -0.4 is 0 Å². The average Bonchev–Trinajstić information content (AvgIpc) is 2.46. The number of hydrogen-bond donors (Lipinski definition) is 0. The fraction of sp³-hybridized carbons (Fsp3) is 0.950. The molecule has 130 valence electrons. The first kappa shape index (κ1) is 19.7. The smallest absolute Gasteiger partial charge is 0.133 e. The number of ether oxygens (including phenoxy) is 1. The second-order valence-electron chi connectivity index (χ2n) is 7.88. The van der Waals surface area contributed by atoms with Crippen molar-refractivity contribution in [1.29, 1.82) is 0 Å². The maximum absolute atomic E-state index is 12.3. The van der Waals surface area contributed by atoms with Crippen molar-refractivity contribution in [2.24, 2.45) is 23.7 Å². The molecule has 0 aromatic heterocycles. The molecule has 1 aliphatic rings. The fourth-order valence-electron chi connectivity index (χ4n) is 3.96. The molecule has 0 radical (unpaired) electrons. The summed E-state index contributed by atoms with van der Waals surface area (Å²) < 4.78 is 5.40. The predicted octanol–water partition coefficient (Wildman–Crippen LogP) is 5.64. The molecule has 0 aromatic carbocycles. The highest BCUT2D eigenvalue weighted by Gasteiger charge is 2.31. The highest BCUT2D eigenvalue weighted by molar-refractivity contribution is 5.78. The number of carbonyl (C=O) groups excluding carboxylic acids is 1. The third-order valence-electron chi connectivity index (χ3n) is 5.41. The Hall–Kier alpha value is -0.370. The minimum absolute atomic E-state index is 0.490. The largest absolute Gasteiger partial charge is 0.384 e. The van der Waals surface area contributed by atoms with Gasteiger partial charge < -0.3 is 4.74 Å². The van der Waals surface area contributed by atoms with Crippen molar-refractivity contribution >= 4 is 5.78 Å². The van der Waals surface area contributed by atoms with Gasteiger partial charge in [0.1, 0.15) is 5.78 Å². The second-order valence-corrected chi connectivity index (χ2v) is 7.88. The molecule has 0 bridgehead atoms. The number of ketones is 1. The minimum atomic E-state index is 0.490. The molecule has 0 heterocycles. The molecule has 3 atom stereocenters. The maximum Gasteiger partial charge on any atom is 0.133 e. The molecule has 2 heteroatoms. The quantitative estimate of drug-likeness (QED) is 0.461. The molecule has 1 fully saturated rings. The summed E-state index contributed by atoms with van der Waals surface area (Å²) in [5.74, 6) is 3.17. The van der Waals surface area contributed by atoms with Gasteiger partial charge in [-0.2, -0.15) is 0 Å². The van der Waals surface area contributed by atoms with Crippen LogP contribution in [0.25, 0.3) is 0 Å². The van der Waals surface area contributed by atoms with Gasteiger partial charge in [0.2, 0.25) is 0 Å². The van der Waals surface area contributed by atoms with Crippen LogP contribution in [-0.2, 0) is 9.53 Å². The number of methoxy groups -OCH3 is 1. The Morgan fingerprint density at radius 3 is 2.55 bits per heavy atom. The van der Waals surface area contributed by atoms with Gasteiger partial charge in [-0.05, 0) is 36.5 Å². The first-order chi connectivity index (χ1) is 10.5. The minimum Gasteiger partial charge on any atom is -0.384 e. The van der Waals surface area contributed by atoms with Gasteiger partial charge in [0.25, 0.3) is 0 Å². The Labute approximate surface area is 138 Å². The molecule has 0 amide bonds.